The lowest BCUT2D eigenvalue weighted by atomic mass is 9.97. The Morgan fingerprint density at radius 2 is 2.50 bits per heavy atom. The molecule has 0 amide bonds. The number of hydrogen-bond donors (Lipinski definition) is 0. The average Bonchev–Trinajstić information content (AvgIpc) is 2.09. The zero-order valence-corrected chi connectivity index (χ0v) is 7.09. The molecule has 2 atom stereocenters. The second-order valence-electron chi connectivity index (χ2n) is 2.92. The van der Waals surface area contributed by atoms with Crippen molar-refractivity contribution < 1.29 is 18.7 Å². The number of methoxy groups -OCH3 is 1. The summed E-state index contributed by atoms with van der Waals surface area (Å²) in [6.45, 7) is 0.787. The second kappa shape index (κ2) is 4.40. The maximum Gasteiger partial charge on any atom is 0.305 e. The van der Waals surface area contributed by atoms with E-state index in [1.807, 2.05) is 0 Å². The Balaban J connectivity index is 2.33. The summed E-state index contributed by atoms with van der Waals surface area (Å²) in [5.41, 5.74) is 0. The second-order valence-corrected chi connectivity index (χ2v) is 2.92. The topological polar surface area (TPSA) is 35.5 Å². The van der Waals surface area contributed by atoms with Gasteiger partial charge in [-0.05, 0) is 0 Å². The number of esters is 1. The van der Waals surface area contributed by atoms with E-state index in [1.54, 1.807) is 0 Å². The normalized spacial score (nSPS) is 29.8. The molecule has 0 radical (unpaired) electrons. The van der Waals surface area contributed by atoms with Crippen molar-refractivity contribution in [3.05, 3.63) is 0 Å². The van der Waals surface area contributed by atoms with Crippen molar-refractivity contribution in [3.8, 4) is 0 Å². The van der Waals surface area contributed by atoms with Gasteiger partial charge in [0.2, 0.25) is 0 Å². The van der Waals surface area contributed by atoms with E-state index in [-0.39, 0.29) is 18.3 Å². The molecule has 0 spiro atoms. The molecule has 1 aliphatic heterocycles. The summed E-state index contributed by atoms with van der Waals surface area (Å²) >= 11 is 0. The SMILES string of the molecule is COC(=O)C[C@H]1COCC[C@H]1F. The summed E-state index contributed by atoms with van der Waals surface area (Å²) in [7, 11) is 1.30. The highest BCUT2D eigenvalue weighted by molar-refractivity contribution is 5.69. The number of rotatable bonds is 2. The van der Waals surface area contributed by atoms with Crippen molar-refractivity contribution in [2.24, 2.45) is 5.92 Å². The number of carbonyl (C=O) groups is 1. The van der Waals surface area contributed by atoms with Crippen molar-refractivity contribution in [2.75, 3.05) is 20.3 Å². The highest BCUT2D eigenvalue weighted by Gasteiger charge is 2.27. The zero-order valence-electron chi connectivity index (χ0n) is 7.09. The third-order valence-corrected chi connectivity index (χ3v) is 2.04. The molecule has 1 rings (SSSR count). The molecule has 0 aromatic heterocycles. The minimum Gasteiger partial charge on any atom is -0.469 e. The number of carbonyl (C=O) groups excluding carboxylic acids is 1. The van der Waals surface area contributed by atoms with Crippen LogP contribution < -0.4 is 0 Å². The van der Waals surface area contributed by atoms with Crippen molar-refractivity contribution in [2.45, 2.75) is 19.0 Å². The average molecular weight is 176 g/mol. The van der Waals surface area contributed by atoms with Crippen LogP contribution in [0.3, 0.4) is 0 Å². The third-order valence-electron chi connectivity index (χ3n) is 2.04. The fourth-order valence-corrected chi connectivity index (χ4v) is 1.25. The Labute approximate surface area is 70.8 Å². The lowest BCUT2D eigenvalue weighted by Gasteiger charge is -2.24. The van der Waals surface area contributed by atoms with Crippen molar-refractivity contribution >= 4 is 5.97 Å². The van der Waals surface area contributed by atoms with Crippen LogP contribution in [0, 0.1) is 5.92 Å². The monoisotopic (exact) mass is 176 g/mol. The van der Waals surface area contributed by atoms with Crippen LogP contribution in [0.1, 0.15) is 12.8 Å². The number of alkyl halides is 1. The molecule has 70 valence electrons. The van der Waals surface area contributed by atoms with Gasteiger partial charge in [-0.3, -0.25) is 4.79 Å². The molecule has 12 heavy (non-hydrogen) atoms. The van der Waals surface area contributed by atoms with Crippen LogP contribution in [-0.4, -0.2) is 32.5 Å². The van der Waals surface area contributed by atoms with Crippen LogP contribution in [0.25, 0.3) is 0 Å². The van der Waals surface area contributed by atoms with Gasteiger partial charge in [0.25, 0.3) is 0 Å². The Bertz CT molecular complexity index is 160. The molecular formula is C8H13FO3. The molecule has 0 aliphatic carbocycles. The molecule has 0 aromatic rings. The van der Waals surface area contributed by atoms with Crippen LogP contribution in [0.5, 0.6) is 0 Å². The molecule has 1 fully saturated rings. The summed E-state index contributed by atoms with van der Waals surface area (Å²) in [6, 6.07) is 0. The van der Waals surface area contributed by atoms with Gasteiger partial charge < -0.3 is 9.47 Å². The molecule has 4 heteroatoms. The first-order chi connectivity index (χ1) is 5.74. The lowest BCUT2D eigenvalue weighted by molar-refractivity contribution is -0.144. The van der Waals surface area contributed by atoms with Gasteiger partial charge >= 0.3 is 5.97 Å². The van der Waals surface area contributed by atoms with Crippen molar-refractivity contribution in [1.29, 1.82) is 0 Å². The predicted octanol–water partition coefficient (Wildman–Crippen LogP) is 0.924. The molecule has 1 saturated heterocycles. The van der Waals surface area contributed by atoms with Gasteiger partial charge in [-0.1, -0.05) is 0 Å². The van der Waals surface area contributed by atoms with Gasteiger partial charge in [0.1, 0.15) is 6.17 Å². The van der Waals surface area contributed by atoms with Crippen LogP contribution >= 0.6 is 0 Å². The minimum atomic E-state index is -0.919. The van der Waals surface area contributed by atoms with E-state index in [0.717, 1.165) is 0 Å². The molecule has 0 saturated carbocycles. The third kappa shape index (κ3) is 2.44. The molecular weight excluding hydrogens is 163 g/mol. The number of hydrogen-bond acceptors (Lipinski definition) is 3. The van der Waals surface area contributed by atoms with E-state index >= 15 is 0 Å². The van der Waals surface area contributed by atoms with E-state index in [4.69, 9.17) is 4.74 Å². The van der Waals surface area contributed by atoms with Crippen LogP contribution in [-0.2, 0) is 14.3 Å². The molecule has 0 N–H and O–H groups in total. The van der Waals surface area contributed by atoms with Crippen LogP contribution in [0.15, 0.2) is 0 Å². The van der Waals surface area contributed by atoms with Crippen LogP contribution in [0.4, 0.5) is 4.39 Å². The first-order valence-electron chi connectivity index (χ1n) is 4.02. The van der Waals surface area contributed by atoms with Gasteiger partial charge in [0, 0.05) is 18.9 Å². The minimum absolute atomic E-state index is 0.123. The summed E-state index contributed by atoms with van der Waals surface area (Å²) in [5.74, 6) is -0.681. The predicted molar refractivity (Wildman–Crippen MR) is 40.5 cm³/mol. The largest absolute Gasteiger partial charge is 0.469 e. The first kappa shape index (κ1) is 9.45. The van der Waals surface area contributed by atoms with E-state index < -0.39 is 6.17 Å². The zero-order chi connectivity index (χ0) is 8.97. The molecule has 0 unspecified atom stereocenters. The highest BCUT2D eigenvalue weighted by Crippen LogP contribution is 2.21. The smallest absolute Gasteiger partial charge is 0.305 e. The summed E-state index contributed by atoms with van der Waals surface area (Å²) < 4.78 is 22.5. The highest BCUT2D eigenvalue weighted by atomic mass is 19.1. The van der Waals surface area contributed by atoms with E-state index in [1.165, 1.54) is 7.11 Å². The summed E-state index contributed by atoms with van der Waals surface area (Å²) in [6.07, 6.45) is -0.405. The van der Waals surface area contributed by atoms with Gasteiger partial charge in [-0.15, -0.1) is 0 Å². The van der Waals surface area contributed by atoms with Crippen molar-refractivity contribution in [3.63, 3.8) is 0 Å². The fraction of sp³-hybridized carbons (Fsp3) is 0.875. The fourth-order valence-electron chi connectivity index (χ4n) is 1.25. The Morgan fingerprint density at radius 3 is 3.08 bits per heavy atom. The van der Waals surface area contributed by atoms with Gasteiger partial charge in [0.05, 0.1) is 20.1 Å². The molecule has 0 bridgehead atoms. The van der Waals surface area contributed by atoms with E-state index in [2.05, 4.69) is 4.74 Å². The Hall–Kier alpha value is -0.640. The molecule has 1 heterocycles. The molecule has 0 aromatic carbocycles. The van der Waals surface area contributed by atoms with E-state index in [9.17, 15) is 9.18 Å². The summed E-state index contributed by atoms with van der Waals surface area (Å²) in [5, 5.41) is 0. The number of halogens is 1. The van der Waals surface area contributed by atoms with Gasteiger partial charge in [-0.2, -0.15) is 0 Å². The first-order valence-corrected chi connectivity index (χ1v) is 4.02. The van der Waals surface area contributed by atoms with Gasteiger partial charge in [-0.25, -0.2) is 4.39 Å². The maximum absolute atomic E-state index is 13.1. The van der Waals surface area contributed by atoms with Gasteiger partial charge in [0.15, 0.2) is 0 Å². The van der Waals surface area contributed by atoms with Crippen molar-refractivity contribution in [1.82, 2.24) is 0 Å². The summed E-state index contributed by atoms with van der Waals surface area (Å²) in [4.78, 5) is 10.8. The maximum atomic E-state index is 13.1. The number of ether oxygens (including phenoxy) is 2. The standard InChI is InChI=1S/C8H13FO3/c1-11-8(10)4-6-5-12-3-2-7(6)9/h6-7H,2-5H2,1H3/t6-,7+/m0/s1. The molecule has 1 aliphatic rings. The van der Waals surface area contributed by atoms with E-state index in [0.29, 0.717) is 19.6 Å². The quantitative estimate of drug-likeness (QED) is 0.587. The molecule has 3 nitrogen and oxygen atoms in total. The Kier molecular flexibility index (Phi) is 3.47. The lowest BCUT2D eigenvalue weighted by Crippen LogP contribution is -2.30. The Morgan fingerprint density at radius 1 is 1.75 bits per heavy atom. The van der Waals surface area contributed by atoms with Crippen LogP contribution in [0.2, 0.25) is 0 Å².